The number of hydrogen-bond donors (Lipinski definition) is 3. The average molecular weight is 339 g/mol. The highest BCUT2D eigenvalue weighted by atomic mass is 16.2. The fraction of sp³-hybridized carbons (Fsp3) is 0.300. The van der Waals surface area contributed by atoms with E-state index >= 15 is 0 Å². The summed E-state index contributed by atoms with van der Waals surface area (Å²) in [4.78, 5) is 23.9. The van der Waals surface area contributed by atoms with E-state index in [9.17, 15) is 9.59 Å². The molecular weight excluding hydrogens is 314 g/mol. The second-order valence-electron chi connectivity index (χ2n) is 5.78. The highest BCUT2D eigenvalue weighted by molar-refractivity contribution is 5.95. The smallest absolute Gasteiger partial charge is 0.251 e. The van der Waals surface area contributed by atoms with Crippen molar-refractivity contribution in [3.8, 4) is 0 Å². The highest BCUT2D eigenvalue weighted by Gasteiger charge is 2.06. The molecule has 0 unspecified atom stereocenters. The Morgan fingerprint density at radius 3 is 2.48 bits per heavy atom. The first-order valence-corrected chi connectivity index (χ1v) is 8.62. The molecule has 132 valence electrons. The zero-order valence-corrected chi connectivity index (χ0v) is 14.5. The normalized spacial score (nSPS) is 10.1. The molecule has 2 rings (SSSR count). The molecule has 0 saturated heterocycles. The van der Waals surface area contributed by atoms with Crippen molar-refractivity contribution < 1.29 is 9.59 Å². The van der Waals surface area contributed by atoms with Crippen molar-refractivity contribution >= 4 is 17.5 Å². The Bertz CT molecular complexity index is 686. The van der Waals surface area contributed by atoms with Crippen molar-refractivity contribution in [1.82, 2.24) is 10.6 Å². The van der Waals surface area contributed by atoms with Crippen LogP contribution in [0.25, 0.3) is 0 Å². The predicted octanol–water partition coefficient (Wildman–Crippen LogP) is 2.60. The van der Waals surface area contributed by atoms with E-state index in [-0.39, 0.29) is 18.4 Å². The van der Waals surface area contributed by atoms with Crippen LogP contribution in [-0.4, -0.2) is 31.4 Å². The van der Waals surface area contributed by atoms with Crippen LogP contribution in [0, 0.1) is 0 Å². The van der Waals surface area contributed by atoms with Crippen LogP contribution in [-0.2, 0) is 11.2 Å². The van der Waals surface area contributed by atoms with Gasteiger partial charge in [-0.3, -0.25) is 9.59 Å². The summed E-state index contributed by atoms with van der Waals surface area (Å²) in [6, 6.07) is 17.2. The van der Waals surface area contributed by atoms with Crippen LogP contribution in [0.2, 0.25) is 0 Å². The number of hydrogen-bond acceptors (Lipinski definition) is 3. The van der Waals surface area contributed by atoms with Crippen molar-refractivity contribution in [2.24, 2.45) is 0 Å². The van der Waals surface area contributed by atoms with Crippen LogP contribution >= 0.6 is 0 Å². The molecule has 0 heterocycles. The summed E-state index contributed by atoms with van der Waals surface area (Å²) < 4.78 is 0. The third kappa shape index (κ3) is 6.67. The standard InChI is InChI=1S/C20H25N3O2/c1-2-12-22-20(25)17-9-6-10-18(14-17)23-15-19(24)21-13-11-16-7-4-3-5-8-16/h3-10,14,23H,2,11-13,15H2,1H3,(H,21,24)(H,22,25). The molecule has 0 radical (unpaired) electrons. The number of benzene rings is 2. The lowest BCUT2D eigenvalue weighted by Gasteiger charge is -2.09. The molecule has 0 aromatic heterocycles. The average Bonchev–Trinajstić information content (AvgIpc) is 2.65. The molecule has 0 aliphatic carbocycles. The maximum Gasteiger partial charge on any atom is 0.251 e. The Kier molecular flexibility index (Phi) is 7.50. The Morgan fingerprint density at radius 1 is 0.920 bits per heavy atom. The lowest BCUT2D eigenvalue weighted by Crippen LogP contribution is -2.31. The summed E-state index contributed by atoms with van der Waals surface area (Å²) in [7, 11) is 0. The molecule has 0 aliphatic heterocycles. The first-order chi connectivity index (χ1) is 12.2. The monoisotopic (exact) mass is 339 g/mol. The maximum absolute atomic E-state index is 12.0. The first-order valence-electron chi connectivity index (χ1n) is 8.62. The molecule has 25 heavy (non-hydrogen) atoms. The third-order valence-corrected chi connectivity index (χ3v) is 3.69. The van der Waals surface area contributed by atoms with E-state index in [0.717, 1.165) is 18.5 Å². The Labute approximate surface area is 148 Å². The highest BCUT2D eigenvalue weighted by Crippen LogP contribution is 2.10. The summed E-state index contributed by atoms with van der Waals surface area (Å²) in [6.07, 6.45) is 1.70. The molecule has 0 fully saturated rings. The molecule has 0 saturated carbocycles. The Hall–Kier alpha value is -2.82. The molecule has 0 bridgehead atoms. The maximum atomic E-state index is 12.0. The molecule has 0 atom stereocenters. The minimum Gasteiger partial charge on any atom is -0.376 e. The van der Waals surface area contributed by atoms with Gasteiger partial charge in [0.25, 0.3) is 5.91 Å². The van der Waals surface area contributed by atoms with Crippen LogP contribution in [0.4, 0.5) is 5.69 Å². The van der Waals surface area contributed by atoms with E-state index < -0.39 is 0 Å². The van der Waals surface area contributed by atoms with E-state index in [1.54, 1.807) is 18.2 Å². The van der Waals surface area contributed by atoms with Crippen LogP contribution in [0.5, 0.6) is 0 Å². The van der Waals surface area contributed by atoms with Crippen LogP contribution in [0.1, 0.15) is 29.3 Å². The summed E-state index contributed by atoms with van der Waals surface area (Å²) in [5.41, 5.74) is 2.53. The molecule has 5 nitrogen and oxygen atoms in total. The van der Waals surface area contributed by atoms with Gasteiger partial charge in [0.2, 0.25) is 5.91 Å². The van der Waals surface area contributed by atoms with Gasteiger partial charge < -0.3 is 16.0 Å². The summed E-state index contributed by atoms with van der Waals surface area (Å²) in [5, 5.41) is 8.78. The minimum atomic E-state index is -0.0992. The second kappa shape index (κ2) is 10.1. The fourth-order valence-electron chi connectivity index (χ4n) is 2.35. The van der Waals surface area contributed by atoms with Gasteiger partial charge in [-0.05, 0) is 36.6 Å². The number of anilines is 1. The van der Waals surface area contributed by atoms with Gasteiger partial charge in [-0.15, -0.1) is 0 Å². The van der Waals surface area contributed by atoms with Gasteiger partial charge in [-0.25, -0.2) is 0 Å². The van der Waals surface area contributed by atoms with Gasteiger partial charge in [0.05, 0.1) is 6.54 Å². The van der Waals surface area contributed by atoms with Gasteiger partial charge in [0, 0.05) is 24.3 Å². The van der Waals surface area contributed by atoms with Gasteiger partial charge in [-0.2, -0.15) is 0 Å². The topological polar surface area (TPSA) is 70.2 Å². The third-order valence-electron chi connectivity index (χ3n) is 3.69. The van der Waals surface area contributed by atoms with Gasteiger partial charge in [-0.1, -0.05) is 43.3 Å². The van der Waals surface area contributed by atoms with Crippen LogP contribution in [0.15, 0.2) is 54.6 Å². The minimum absolute atomic E-state index is 0.0724. The number of rotatable bonds is 9. The number of carbonyl (C=O) groups is 2. The van der Waals surface area contributed by atoms with Crippen molar-refractivity contribution in [2.75, 3.05) is 25.0 Å². The summed E-state index contributed by atoms with van der Waals surface area (Å²) in [5.74, 6) is -0.172. The van der Waals surface area contributed by atoms with Crippen LogP contribution in [0.3, 0.4) is 0 Å². The SMILES string of the molecule is CCCNC(=O)c1cccc(NCC(=O)NCCc2ccccc2)c1. The van der Waals surface area contributed by atoms with E-state index in [0.29, 0.717) is 18.7 Å². The van der Waals surface area contributed by atoms with E-state index in [1.165, 1.54) is 5.56 Å². The Morgan fingerprint density at radius 2 is 1.72 bits per heavy atom. The molecule has 5 heteroatoms. The molecule has 2 aromatic rings. The molecule has 0 spiro atoms. The lowest BCUT2D eigenvalue weighted by molar-refractivity contribution is -0.119. The molecule has 0 aliphatic rings. The summed E-state index contributed by atoms with van der Waals surface area (Å²) in [6.45, 7) is 3.44. The number of nitrogens with one attached hydrogen (secondary N) is 3. The predicted molar refractivity (Wildman–Crippen MR) is 101 cm³/mol. The van der Waals surface area contributed by atoms with Crippen molar-refractivity contribution in [1.29, 1.82) is 0 Å². The molecular formula is C20H25N3O2. The van der Waals surface area contributed by atoms with Crippen molar-refractivity contribution in [3.63, 3.8) is 0 Å². The van der Waals surface area contributed by atoms with Gasteiger partial charge in [0.1, 0.15) is 0 Å². The van der Waals surface area contributed by atoms with Crippen molar-refractivity contribution in [3.05, 3.63) is 65.7 Å². The molecule has 2 amide bonds. The van der Waals surface area contributed by atoms with Crippen LogP contribution < -0.4 is 16.0 Å². The molecule has 2 aromatic carbocycles. The van der Waals surface area contributed by atoms with Gasteiger partial charge in [0.15, 0.2) is 0 Å². The Balaban J connectivity index is 1.74. The van der Waals surface area contributed by atoms with Crippen molar-refractivity contribution in [2.45, 2.75) is 19.8 Å². The zero-order valence-electron chi connectivity index (χ0n) is 14.5. The largest absolute Gasteiger partial charge is 0.376 e. The molecule has 3 N–H and O–H groups in total. The quantitative estimate of drug-likeness (QED) is 0.658. The van der Waals surface area contributed by atoms with E-state index in [4.69, 9.17) is 0 Å². The number of amides is 2. The first kappa shape index (κ1) is 18.5. The fourth-order valence-corrected chi connectivity index (χ4v) is 2.35. The lowest BCUT2D eigenvalue weighted by atomic mass is 10.1. The number of carbonyl (C=O) groups excluding carboxylic acids is 2. The summed E-state index contributed by atoms with van der Waals surface area (Å²) >= 11 is 0. The second-order valence-corrected chi connectivity index (χ2v) is 5.78. The van der Waals surface area contributed by atoms with E-state index in [1.807, 2.05) is 43.3 Å². The zero-order chi connectivity index (χ0) is 17.9. The van der Waals surface area contributed by atoms with E-state index in [2.05, 4.69) is 16.0 Å². The van der Waals surface area contributed by atoms with Gasteiger partial charge >= 0.3 is 0 Å².